The summed E-state index contributed by atoms with van der Waals surface area (Å²) >= 11 is 0. The summed E-state index contributed by atoms with van der Waals surface area (Å²) in [5.41, 5.74) is 8.93. The van der Waals surface area contributed by atoms with E-state index in [0.717, 1.165) is 53.7 Å². The first-order valence-electron chi connectivity index (χ1n) is 9.14. The van der Waals surface area contributed by atoms with Gasteiger partial charge in [-0.2, -0.15) is 10.2 Å². The first-order valence-corrected chi connectivity index (χ1v) is 9.14. The molecule has 27 heavy (non-hydrogen) atoms. The zero-order valence-electron chi connectivity index (χ0n) is 15.3. The Morgan fingerprint density at radius 1 is 1.11 bits per heavy atom. The predicted molar refractivity (Wildman–Crippen MR) is 104 cm³/mol. The molecule has 4 rings (SSSR count). The van der Waals surface area contributed by atoms with Crippen molar-refractivity contribution in [1.29, 1.82) is 0 Å². The zero-order valence-corrected chi connectivity index (χ0v) is 15.3. The number of rotatable bonds is 4. The summed E-state index contributed by atoms with van der Waals surface area (Å²) < 4.78 is 0. The van der Waals surface area contributed by atoms with E-state index in [0.29, 0.717) is 6.42 Å². The fourth-order valence-electron chi connectivity index (χ4n) is 3.49. The Kier molecular flexibility index (Phi) is 4.77. The van der Waals surface area contributed by atoms with Gasteiger partial charge in [-0.15, -0.1) is 0 Å². The maximum absolute atomic E-state index is 12.6. The number of piperidine rings is 1. The molecule has 0 spiro atoms. The van der Waals surface area contributed by atoms with Gasteiger partial charge in [0.15, 0.2) is 0 Å². The Labute approximate surface area is 157 Å². The van der Waals surface area contributed by atoms with Crippen molar-refractivity contribution in [2.24, 2.45) is 5.92 Å². The van der Waals surface area contributed by atoms with Crippen LogP contribution in [-0.2, 0) is 11.2 Å². The highest BCUT2D eigenvalue weighted by Gasteiger charge is 2.23. The number of ketones is 1. The van der Waals surface area contributed by atoms with E-state index in [2.05, 4.69) is 32.1 Å². The lowest BCUT2D eigenvalue weighted by molar-refractivity contribution is -0.123. The summed E-state index contributed by atoms with van der Waals surface area (Å²) in [6.07, 6.45) is 5.59. The van der Waals surface area contributed by atoms with E-state index in [4.69, 9.17) is 5.73 Å². The van der Waals surface area contributed by atoms with Crippen LogP contribution in [0.15, 0.2) is 36.7 Å². The van der Waals surface area contributed by atoms with Gasteiger partial charge in [-0.1, -0.05) is 6.07 Å². The van der Waals surface area contributed by atoms with E-state index in [1.807, 2.05) is 24.3 Å². The molecule has 0 unspecified atom stereocenters. The van der Waals surface area contributed by atoms with Gasteiger partial charge in [0.25, 0.3) is 0 Å². The van der Waals surface area contributed by atoms with Crippen LogP contribution in [0.4, 0.5) is 5.95 Å². The third-order valence-corrected chi connectivity index (χ3v) is 5.17. The molecule has 1 aliphatic rings. The topological polar surface area (TPSA) is 97.9 Å². The SMILES string of the molecule is CN1CCC(C(=O)Cc2cc3cc(-c4cnc(N)nc4)ccc3nn2)CC1. The molecule has 2 N–H and O–H groups in total. The van der Waals surface area contributed by atoms with Crippen LogP contribution in [0.3, 0.4) is 0 Å². The van der Waals surface area contributed by atoms with E-state index >= 15 is 0 Å². The molecule has 7 heteroatoms. The molecule has 0 radical (unpaired) electrons. The number of anilines is 1. The third kappa shape index (κ3) is 3.93. The number of likely N-dealkylation sites (tertiary alicyclic amines) is 1. The van der Waals surface area contributed by atoms with Crippen molar-refractivity contribution in [2.45, 2.75) is 19.3 Å². The standard InChI is InChI=1S/C20H22N6O/c1-26-6-4-13(5-7-26)19(27)10-17-9-15-8-14(2-3-18(15)25-24-17)16-11-22-20(21)23-12-16/h2-3,8-9,11-13H,4-7,10H2,1H3,(H2,21,22,23). The van der Waals surface area contributed by atoms with Crippen LogP contribution in [0.5, 0.6) is 0 Å². The molecule has 0 saturated carbocycles. The minimum absolute atomic E-state index is 0.136. The number of benzene rings is 1. The van der Waals surface area contributed by atoms with Crippen LogP contribution in [0.1, 0.15) is 18.5 Å². The van der Waals surface area contributed by atoms with E-state index in [9.17, 15) is 4.79 Å². The second-order valence-electron chi connectivity index (χ2n) is 7.16. The van der Waals surface area contributed by atoms with Crippen molar-refractivity contribution >= 4 is 22.6 Å². The second-order valence-corrected chi connectivity index (χ2v) is 7.16. The lowest BCUT2D eigenvalue weighted by Crippen LogP contribution is -2.34. The Morgan fingerprint density at radius 2 is 1.85 bits per heavy atom. The maximum Gasteiger partial charge on any atom is 0.219 e. The highest BCUT2D eigenvalue weighted by atomic mass is 16.1. The van der Waals surface area contributed by atoms with Gasteiger partial charge >= 0.3 is 0 Å². The number of nitrogen functional groups attached to an aromatic ring is 1. The predicted octanol–water partition coefficient (Wildman–Crippen LogP) is 2.12. The van der Waals surface area contributed by atoms with Crippen LogP contribution >= 0.6 is 0 Å². The number of carbonyl (C=O) groups excluding carboxylic acids is 1. The normalized spacial score (nSPS) is 15.9. The molecule has 1 aromatic carbocycles. The lowest BCUT2D eigenvalue weighted by Gasteiger charge is -2.27. The zero-order chi connectivity index (χ0) is 18.8. The molecule has 138 valence electrons. The van der Waals surface area contributed by atoms with Gasteiger partial charge in [-0.05, 0) is 56.7 Å². The lowest BCUT2D eigenvalue weighted by atomic mass is 9.90. The number of fused-ring (bicyclic) bond motifs is 1. The van der Waals surface area contributed by atoms with Crippen molar-refractivity contribution in [3.8, 4) is 11.1 Å². The third-order valence-electron chi connectivity index (χ3n) is 5.17. The Morgan fingerprint density at radius 3 is 2.59 bits per heavy atom. The van der Waals surface area contributed by atoms with Gasteiger partial charge < -0.3 is 10.6 Å². The number of aromatic nitrogens is 4. The van der Waals surface area contributed by atoms with Crippen LogP contribution in [0.25, 0.3) is 22.0 Å². The van der Waals surface area contributed by atoms with Crippen molar-refractivity contribution in [3.05, 3.63) is 42.4 Å². The maximum atomic E-state index is 12.6. The van der Waals surface area contributed by atoms with Gasteiger partial charge in [0.1, 0.15) is 5.78 Å². The van der Waals surface area contributed by atoms with E-state index in [-0.39, 0.29) is 17.6 Å². The van der Waals surface area contributed by atoms with Crippen LogP contribution < -0.4 is 5.73 Å². The highest BCUT2D eigenvalue weighted by Crippen LogP contribution is 2.24. The largest absolute Gasteiger partial charge is 0.368 e. The number of Topliss-reactive ketones (excluding diaryl/α,β-unsaturated/α-hetero) is 1. The van der Waals surface area contributed by atoms with E-state index in [1.54, 1.807) is 12.4 Å². The molecule has 7 nitrogen and oxygen atoms in total. The molecule has 0 atom stereocenters. The summed E-state index contributed by atoms with van der Waals surface area (Å²) in [6, 6.07) is 7.84. The fraction of sp³-hybridized carbons (Fsp3) is 0.350. The van der Waals surface area contributed by atoms with Gasteiger partial charge in [0.2, 0.25) is 5.95 Å². The molecule has 0 bridgehead atoms. The average Bonchev–Trinajstić information content (AvgIpc) is 2.68. The highest BCUT2D eigenvalue weighted by molar-refractivity contribution is 5.86. The summed E-state index contributed by atoms with van der Waals surface area (Å²) in [5.74, 6) is 0.650. The first-order chi connectivity index (χ1) is 13.1. The molecular weight excluding hydrogens is 340 g/mol. The molecule has 0 aliphatic carbocycles. The monoisotopic (exact) mass is 362 g/mol. The smallest absolute Gasteiger partial charge is 0.219 e. The van der Waals surface area contributed by atoms with E-state index < -0.39 is 0 Å². The first kappa shape index (κ1) is 17.5. The van der Waals surface area contributed by atoms with Gasteiger partial charge in [0, 0.05) is 29.3 Å². The minimum atomic E-state index is 0.136. The number of nitrogens with zero attached hydrogens (tertiary/aromatic N) is 5. The number of hydrogen-bond donors (Lipinski definition) is 1. The Hall–Kier alpha value is -2.93. The van der Waals surface area contributed by atoms with Gasteiger partial charge in [0.05, 0.1) is 17.6 Å². The molecule has 3 aromatic rings. The van der Waals surface area contributed by atoms with Crippen molar-refractivity contribution in [3.63, 3.8) is 0 Å². The molecule has 3 heterocycles. The summed E-state index contributed by atoms with van der Waals surface area (Å²) in [5, 5.41) is 9.48. The summed E-state index contributed by atoms with van der Waals surface area (Å²) in [7, 11) is 2.10. The molecule has 0 amide bonds. The summed E-state index contributed by atoms with van der Waals surface area (Å²) in [6.45, 7) is 1.96. The van der Waals surface area contributed by atoms with Crippen molar-refractivity contribution in [2.75, 3.05) is 25.9 Å². The second kappa shape index (κ2) is 7.36. The fourth-order valence-corrected chi connectivity index (χ4v) is 3.49. The Balaban J connectivity index is 1.55. The Bertz CT molecular complexity index is 964. The molecule has 1 aliphatic heterocycles. The number of nitrogens with two attached hydrogens (primary N) is 1. The molecule has 1 fully saturated rings. The van der Waals surface area contributed by atoms with Crippen LogP contribution in [0.2, 0.25) is 0 Å². The van der Waals surface area contributed by atoms with Gasteiger partial charge in [-0.25, -0.2) is 9.97 Å². The van der Waals surface area contributed by atoms with Crippen LogP contribution in [-0.4, -0.2) is 51.0 Å². The molecule has 2 aromatic heterocycles. The van der Waals surface area contributed by atoms with Crippen LogP contribution in [0, 0.1) is 5.92 Å². The molecular formula is C20H22N6O. The summed E-state index contributed by atoms with van der Waals surface area (Å²) in [4.78, 5) is 23.0. The van der Waals surface area contributed by atoms with E-state index in [1.165, 1.54) is 0 Å². The van der Waals surface area contributed by atoms with Gasteiger partial charge in [-0.3, -0.25) is 4.79 Å². The van der Waals surface area contributed by atoms with Crippen molar-refractivity contribution < 1.29 is 4.79 Å². The average molecular weight is 362 g/mol. The van der Waals surface area contributed by atoms with Crippen molar-refractivity contribution in [1.82, 2.24) is 25.1 Å². The molecule has 1 saturated heterocycles. The number of carbonyl (C=O) groups is 1. The quantitative estimate of drug-likeness (QED) is 0.759. The number of hydrogen-bond acceptors (Lipinski definition) is 7. The minimum Gasteiger partial charge on any atom is -0.368 e.